The molecule has 1 rings (SSSR count). The Kier molecular flexibility index (Phi) is 3.42. The summed E-state index contributed by atoms with van der Waals surface area (Å²) in [4.78, 5) is 21.8. The lowest BCUT2D eigenvalue weighted by Gasteiger charge is -2.09. The minimum absolute atomic E-state index is 0.0139. The highest BCUT2D eigenvalue weighted by Crippen LogP contribution is 2.26. The SMILES string of the molecule is N[C@H](CC(=O)C1CCCC1)C(=O)O. The number of hydrogen-bond donors (Lipinski definition) is 2. The highest BCUT2D eigenvalue weighted by molar-refractivity contribution is 5.87. The van der Waals surface area contributed by atoms with Crippen LogP contribution in [0.1, 0.15) is 32.1 Å². The van der Waals surface area contributed by atoms with Crippen molar-refractivity contribution in [3.8, 4) is 0 Å². The van der Waals surface area contributed by atoms with E-state index in [1.54, 1.807) is 0 Å². The van der Waals surface area contributed by atoms with Crippen LogP contribution in [0.2, 0.25) is 0 Å². The number of aliphatic carboxylic acids is 1. The first-order valence-electron chi connectivity index (χ1n) is 4.62. The molecule has 0 aromatic carbocycles. The molecule has 4 nitrogen and oxygen atoms in total. The summed E-state index contributed by atoms with van der Waals surface area (Å²) < 4.78 is 0. The van der Waals surface area contributed by atoms with Gasteiger partial charge in [0.25, 0.3) is 0 Å². The standard InChI is InChI=1S/C9H15NO3/c10-7(9(12)13)5-8(11)6-3-1-2-4-6/h6-7H,1-5,10H2,(H,12,13)/t7-/m1/s1. The molecule has 0 saturated heterocycles. The maximum atomic E-state index is 11.4. The van der Waals surface area contributed by atoms with Crippen molar-refractivity contribution in [3.05, 3.63) is 0 Å². The fourth-order valence-electron chi connectivity index (χ4n) is 1.72. The molecule has 0 amide bonds. The van der Waals surface area contributed by atoms with Gasteiger partial charge in [0.2, 0.25) is 0 Å². The van der Waals surface area contributed by atoms with Gasteiger partial charge in [-0.2, -0.15) is 0 Å². The lowest BCUT2D eigenvalue weighted by atomic mass is 9.97. The largest absolute Gasteiger partial charge is 0.480 e. The van der Waals surface area contributed by atoms with Crippen molar-refractivity contribution in [3.63, 3.8) is 0 Å². The van der Waals surface area contributed by atoms with E-state index in [2.05, 4.69) is 0 Å². The topological polar surface area (TPSA) is 80.4 Å². The second kappa shape index (κ2) is 4.37. The molecule has 0 heterocycles. The zero-order valence-corrected chi connectivity index (χ0v) is 7.53. The summed E-state index contributed by atoms with van der Waals surface area (Å²) >= 11 is 0. The van der Waals surface area contributed by atoms with Crippen LogP contribution in [0, 0.1) is 5.92 Å². The van der Waals surface area contributed by atoms with Crippen LogP contribution in [0.3, 0.4) is 0 Å². The molecule has 1 saturated carbocycles. The first-order chi connectivity index (χ1) is 6.11. The lowest BCUT2D eigenvalue weighted by molar-refractivity contribution is -0.140. The second-order valence-electron chi connectivity index (χ2n) is 3.60. The van der Waals surface area contributed by atoms with Gasteiger partial charge < -0.3 is 10.8 Å². The van der Waals surface area contributed by atoms with Crippen LogP contribution >= 0.6 is 0 Å². The molecule has 0 spiro atoms. The number of rotatable bonds is 4. The molecule has 3 N–H and O–H groups in total. The van der Waals surface area contributed by atoms with E-state index in [0.717, 1.165) is 25.7 Å². The number of carboxylic acid groups (broad SMARTS) is 1. The van der Waals surface area contributed by atoms with Crippen molar-refractivity contribution >= 4 is 11.8 Å². The summed E-state index contributed by atoms with van der Waals surface area (Å²) in [5.74, 6) is -0.996. The fraction of sp³-hybridized carbons (Fsp3) is 0.778. The maximum Gasteiger partial charge on any atom is 0.320 e. The third-order valence-corrected chi connectivity index (χ3v) is 2.55. The Balaban J connectivity index is 2.35. The lowest BCUT2D eigenvalue weighted by Crippen LogP contribution is -2.34. The van der Waals surface area contributed by atoms with E-state index in [9.17, 15) is 9.59 Å². The Hall–Kier alpha value is -0.900. The number of nitrogens with two attached hydrogens (primary N) is 1. The quantitative estimate of drug-likeness (QED) is 0.670. The maximum absolute atomic E-state index is 11.4. The first-order valence-corrected chi connectivity index (χ1v) is 4.62. The molecule has 0 bridgehead atoms. The van der Waals surface area contributed by atoms with Crippen LogP contribution < -0.4 is 5.73 Å². The Morgan fingerprint density at radius 3 is 2.38 bits per heavy atom. The van der Waals surface area contributed by atoms with E-state index in [0.29, 0.717) is 0 Å². The number of carboxylic acids is 1. The minimum Gasteiger partial charge on any atom is -0.480 e. The van der Waals surface area contributed by atoms with Crippen LogP contribution in [0.4, 0.5) is 0 Å². The van der Waals surface area contributed by atoms with Crippen LogP contribution in [0.25, 0.3) is 0 Å². The summed E-state index contributed by atoms with van der Waals surface area (Å²) in [7, 11) is 0. The van der Waals surface area contributed by atoms with Gasteiger partial charge in [0.1, 0.15) is 11.8 Å². The molecule has 0 unspecified atom stereocenters. The van der Waals surface area contributed by atoms with E-state index >= 15 is 0 Å². The smallest absolute Gasteiger partial charge is 0.320 e. The number of carbonyl (C=O) groups is 2. The highest BCUT2D eigenvalue weighted by Gasteiger charge is 2.25. The van der Waals surface area contributed by atoms with Gasteiger partial charge in [-0.3, -0.25) is 9.59 Å². The third kappa shape index (κ3) is 2.81. The van der Waals surface area contributed by atoms with E-state index in [4.69, 9.17) is 10.8 Å². The molecule has 1 aliphatic carbocycles. The van der Waals surface area contributed by atoms with Crippen LogP contribution in [0.15, 0.2) is 0 Å². The fourth-order valence-corrected chi connectivity index (χ4v) is 1.72. The Bertz CT molecular complexity index is 209. The molecule has 0 aliphatic heterocycles. The third-order valence-electron chi connectivity index (χ3n) is 2.55. The summed E-state index contributed by atoms with van der Waals surface area (Å²) in [6, 6.07) is -1.02. The van der Waals surface area contributed by atoms with Crippen molar-refractivity contribution in [1.29, 1.82) is 0 Å². The molecular weight excluding hydrogens is 170 g/mol. The zero-order chi connectivity index (χ0) is 9.84. The Labute approximate surface area is 77.1 Å². The van der Waals surface area contributed by atoms with Gasteiger partial charge in [0.15, 0.2) is 0 Å². The minimum atomic E-state index is -1.09. The summed E-state index contributed by atoms with van der Waals surface area (Å²) in [6.07, 6.45) is 3.97. The summed E-state index contributed by atoms with van der Waals surface area (Å²) in [5.41, 5.74) is 5.26. The molecule has 0 radical (unpaired) electrons. The van der Waals surface area contributed by atoms with Crippen molar-refractivity contribution in [2.24, 2.45) is 11.7 Å². The molecular formula is C9H15NO3. The number of carbonyl (C=O) groups excluding carboxylic acids is 1. The van der Waals surface area contributed by atoms with Crippen molar-refractivity contribution in [2.45, 2.75) is 38.1 Å². The normalized spacial score (nSPS) is 20.1. The average Bonchev–Trinajstić information content (AvgIpc) is 2.55. The molecule has 0 aromatic rings. The molecule has 0 aromatic heterocycles. The Morgan fingerprint density at radius 2 is 1.92 bits per heavy atom. The molecule has 1 atom stereocenters. The monoisotopic (exact) mass is 185 g/mol. The summed E-state index contributed by atoms with van der Waals surface area (Å²) in [6.45, 7) is 0. The van der Waals surface area contributed by atoms with E-state index < -0.39 is 12.0 Å². The molecule has 4 heteroatoms. The highest BCUT2D eigenvalue weighted by atomic mass is 16.4. The average molecular weight is 185 g/mol. The molecule has 13 heavy (non-hydrogen) atoms. The van der Waals surface area contributed by atoms with Gasteiger partial charge >= 0.3 is 5.97 Å². The summed E-state index contributed by atoms with van der Waals surface area (Å²) in [5, 5.41) is 8.50. The van der Waals surface area contributed by atoms with Crippen molar-refractivity contribution in [1.82, 2.24) is 0 Å². The van der Waals surface area contributed by atoms with Gasteiger partial charge in [0, 0.05) is 12.3 Å². The molecule has 74 valence electrons. The number of Topliss-reactive ketones (excluding diaryl/α,β-unsaturated/α-hetero) is 1. The van der Waals surface area contributed by atoms with E-state index in [1.807, 2.05) is 0 Å². The molecule has 1 aliphatic rings. The second-order valence-corrected chi connectivity index (χ2v) is 3.60. The van der Waals surface area contributed by atoms with Crippen LogP contribution in [-0.4, -0.2) is 22.9 Å². The van der Waals surface area contributed by atoms with Gasteiger partial charge in [0.05, 0.1) is 0 Å². The van der Waals surface area contributed by atoms with Gasteiger partial charge in [-0.15, -0.1) is 0 Å². The predicted molar refractivity (Wildman–Crippen MR) is 47.2 cm³/mol. The number of hydrogen-bond acceptors (Lipinski definition) is 3. The Morgan fingerprint density at radius 1 is 1.38 bits per heavy atom. The van der Waals surface area contributed by atoms with Crippen molar-refractivity contribution < 1.29 is 14.7 Å². The van der Waals surface area contributed by atoms with Gasteiger partial charge in [-0.1, -0.05) is 12.8 Å². The van der Waals surface area contributed by atoms with E-state index in [1.165, 1.54) is 0 Å². The van der Waals surface area contributed by atoms with E-state index in [-0.39, 0.29) is 18.1 Å². The van der Waals surface area contributed by atoms with Gasteiger partial charge in [-0.05, 0) is 12.8 Å². The zero-order valence-electron chi connectivity index (χ0n) is 7.53. The first kappa shape index (κ1) is 10.2. The molecule has 1 fully saturated rings. The van der Waals surface area contributed by atoms with Crippen LogP contribution in [0.5, 0.6) is 0 Å². The predicted octanol–water partition coefficient (Wildman–Crippen LogP) is 0.548. The number of ketones is 1. The van der Waals surface area contributed by atoms with Gasteiger partial charge in [-0.25, -0.2) is 0 Å². The van der Waals surface area contributed by atoms with Crippen LogP contribution in [-0.2, 0) is 9.59 Å². The van der Waals surface area contributed by atoms with Crippen molar-refractivity contribution in [2.75, 3.05) is 0 Å².